The number of rotatable bonds is 5. The van der Waals surface area contributed by atoms with Crippen LogP contribution in [-0.2, 0) is 14.8 Å². The molecule has 0 aliphatic rings. The predicted octanol–water partition coefficient (Wildman–Crippen LogP) is 0.713. The number of hydrogen-bond acceptors (Lipinski definition) is 4. The summed E-state index contributed by atoms with van der Waals surface area (Å²) in [7, 11) is -3.70. The van der Waals surface area contributed by atoms with Crippen LogP contribution in [0.1, 0.15) is 0 Å². The Labute approximate surface area is 119 Å². The molecule has 0 bridgehead atoms. The second kappa shape index (κ2) is 6.20. The molecule has 118 valence electrons. The van der Waals surface area contributed by atoms with Gasteiger partial charge in [0.2, 0.25) is 10.0 Å². The number of halogens is 3. The van der Waals surface area contributed by atoms with Gasteiger partial charge in [0.15, 0.2) is 0 Å². The Hall–Kier alpha value is -1.97. The number of nitrogen functional groups attached to an aromatic ring is 1. The summed E-state index contributed by atoms with van der Waals surface area (Å²) in [5.74, 6) is -2.12. The van der Waals surface area contributed by atoms with Crippen LogP contribution in [-0.4, -0.2) is 39.8 Å². The number of amides is 1. The van der Waals surface area contributed by atoms with E-state index in [-0.39, 0.29) is 12.2 Å². The minimum absolute atomic E-state index is 0.243. The highest BCUT2D eigenvalue weighted by molar-refractivity contribution is 7.92. The predicted molar refractivity (Wildman–Crippen MR) is 72.1 cm³/mol. The lowest BCUT2D eigenvalue weighted by molar-refractivity contribution is -0.173. The maximum Gasteiger partial charge on any atom is 0.471 e. The number of anilines is 2. The van der Waals surface area contributed by atoms with Crippen molar-refractivity contribution in [3.63, 3.8) is 0 Å². The van der Waals surface area contributed by atoms with Crippen LogP contribution in [0.15, 0.2) is 24.3 Å². The molecule has 0 unspecified atom stereocenters. The highest BCUT2D eigenvalue weighted by Crippen LogP contribution is 2.19. The van der Waals surface area contributed by atoms with Crippen molar-refractivity contribution in [3.05, 3.63) is 24.3 Å². The summed E-state index contributed by atoms with van der Waals surface area (Å²) >= 11 is 0. The number of nitrogens with one attached hydrogen (secondary N) is 1. The lowest BCUT2D eigenvalue weighted by Gasteiger charge is -2.22. The van der Waals surface area contributed by atoms with Gasteiger partial charge in [-0.1, -0.05) is 0 Å². The van der Waals surface area contributed by atoms with Crippen LogP contribution < -0.4 is 15.4 Å². The van der Waals surface area contributed by atoms with Crippen molar-refractivity contribution >= 4 is 27.3 Å². The van der Waals surface area contributed by atoms with Crippen LogP contribution in [0.2, 0.25) is 0 Å². The monoisotopic (exact) mass is 325 g/mol. The molecule has 1 amide bonds. The maximum absolute atomic E-state index is 12.0. The van der Waals surface area contributed by atoms with Crippen molar-refractivity contribution in [1.82, 2.24) is 5.32 Å². The van der Waals surface area contributed by atoms with Gasteiger partial charge in [-0.05, 0) is 24.3 Å². The smallest absolute Gasteiger partial charge is 0.399 e. The second-order valence-electron chi connectivity index (χ2n) is 4.18. The molecule has 0 aliphatic carbocycles. The first-order chi connectivity index (χ1) is 9.51. The van der Waals surface area contributed by atoms with Crippen molar-refractivity contribution in [2.75, 3.05) is 29.4 Å². The van der Waals surface area contributed by atoms with E-state index in [1.165, 1.54) is 24.3 Å². The third kappa shape index (κ3) is 5.14. The first-order valence-electron chi connectivity index (χ1n) is 5.70. The summed E-state index contributed by atoms with van der Waals surface area (Å²) in [6.45, 7) is -0.805. The molecule has 1 aromatic carbocycles. The molecule has 0 fully saturated rings. The van der Waals surface area contributed by atoms with E-state index in [0.717, 1.165) is 10.6 Å². The average molecular weight is 325 g/mol. The van der Waals surface area contributed by atoms with Gasteiger partial charge in [0.25, 0.3) is 0 Å². The van der Waals surface area contributed by atoms with Crippen LogP contribution in [0.4, 0.5) is 24.5 Å². The summed E-state index contributed by atoms with van der Waals surface area (Å²) in [5.41, 5.74) is 6.13. The van der Waals surface area contributed by atoms with E-state index >= 15 is 0 Å². The molecule has 0 spiro atoms. The van der Waals surface area contributed by atoms with Crippen molar-refractivity contribution < 1.29 is 26.4 Å². The summed E-state index contributed by atoms with van der Waals surface area (Å²) < 4.78 is 60.2. The molecular weight excluding hydrogens is 311 g/mol. The van der Waals surface area contributed by atoms with Crippen molar-refractivity contribution in [2.24, 2.45) is 0 Å². The van der Waals surface area contributed by atoms with Gasteiger partial charge in [0.05, 0.1) is 18.5 Å². The number of nitrogens with zero attached hydrogens (tertiary/aromatic N) is 1. The summed E-state index contributed by atoms with van der Waals surface area (Å²) in [6, 6.07) is 5.76. The quantitative estimate of drug-likeness (QED) is 0.780. The standard InChI is InChI=1S/C11H14F3N3O3S/c1-21(19,20)17(9-4-2-8(15)3-5-9)7-6-16-10(18)11(12,13)14/h2-5H,6-7,15H2,1H3,(H,16,18). The molecule has 3 N–H and O–H groups in total. The molecule has 21 heavy (non-hydrogen) atoms. The molecule has 0 aromatic heterocycles. The van der Waals surface area contributed by atoms with Crippen LogP contribution in [0, 0.1) is 0 Å². The van der Waals surface area contributed by atoms with Gasteiger partial charge < -0.3 is 11.1 Å². The van der Waals surface area contributed by atoms with Gasteiger partial charge in [-0.25, -0.2) is 8.42 Å². The van der Waals surface area contributed by atoms with E-state index in [0.29, 0.717) is 5.69 Å². The van der Waals surface area contributed by atoms with E-state index in [2.05, 4.69) is 0 Å². The zero-order valence-electron chi connectivity index (χ0n) is 11.0. The molecule has 0 saturated carbocycles. The molecule has 0 radical (unpaired) electrons. The molecule has 0 saturated heterocycles. The second-order valence-corrected chi connectivity index (χ2v) is 6.09. The zero-order chi connectivity index (χ0) is 16.3. The summed E-state index contributed by atoms with van der Waals surface area (Å²) in [4.78, 5) is 10.7. The van der Waals surface area contributed by atoms with Gasteiger partial charge in [0, 0.05) is 12.2 Å². The molecule has 10 heteroatoms. The number of benzene rings is 1. The fraction of sp³-hybridized carbons (Fsp3) is 0.364. The lowest BCUT2D eigenvalue weighted by Crippen LogP contribution is -2.42. The van der Waals surface area contributed by atoms with E-state index < -0.39 is 28.7 Å². The lowest BCUT2D eigenvalue weighted by atomic mass is 10.3. The molecule has 1 rings (SSSR count). The van der Waals surface area contributed by atoms with Crippen molar-refractivity contribution in [2.45, 2.75) is 6.18 Å². The minimum atomic E-state index is -5.00. The first kappa shape index (κ1) is 17.1. The Kier molecular flexibility index (Phi) is 5.05. The Morgan fingerprint density at radius 2 is 1.81 bits per heavy atom. The number of sulfonamides is 1. The molecule has 0 atom stereocenters. The van der Waals surface area contributed by atoms with Crippen LogP contribution in [0.3, 0.4) is 0 Å². The molecule has 1 aromatic rings. The number of nitrogens with two attached hydrogens (primary N) is 1. The van der Waals surface area contributed by atoms with Crippen molar-refractivity contribution in [3.8, 4) is 0 Å². The number of hydrogen-bond donors (Lipinski definition) is 2. The molecule has 0 heterocycles. The van der Waals surface area contributed by atoms with Gasteiger partial charge in [0.1, 0.15) is 0 Å². The van der Waals surface area contributed by atoms with Gasteiger partial charge >= 0.3 is 12.1 Å². The first-order valence-corrected chi connectivity index (χ1v) is 7.55. The molecule has 0 aliphatic heterocycles. The highest BCUT2D eigenvalue weighted by atomic mass is 32.2. The highest BCUT2D eigenvalue weighted by Gasteiger charge is 2.38. The van der Waals surface area contributed by atoms with Crippen LogP contribution in [0.5, 0.6) is 0 Å². The Balaban J connectivity index is 2.78. The van der Waals surface area contributed by atoms with E-state index in [1.54, 1.807) is 5.32 Å². The largest absolute Gasteiger partial charge is 0.471 e. The fourth-order valence-corrected chi connectivity index (χ4v) is 2.43. The van der Waals surface area contributed by atoms with Gasteiger partial charge in [-0.3, -0.25) is 9.10 Å². The van der Waals surface area contributed by atoms with E-state index in [9.17, 15) is 26.4 Å². The van der Waals surface area contributed by atoms with E-state index in [4.69, 9.17) is 5.73 Å². The number of carbonyl (C=O) groups excluding carboxylic acids is 1. The normalized spacial score (nSPS) is 12.0. The van der Waals surface area contributed by atoms with Crippen LogP contribution in [0.25, 0.3) is 0 Å². The third-order valence-electron chi connectivity index (χ3n) is 2.44. The topological polar surface area (TPSA) is 92.5 Å². The van der Waals surface area contributed by atoms with Gasteiger partial charge in [-0.15, -0.1) is 0 Å². The number of alkyl halides is 3. The minimum Gasteiger partial charge on any atom is -0.399 e. The Morgan fingerprint density at radius 3 is 2.24 bits per heavy atom. The summed E-state index contributed by atoms with van der Waals surface area (Å²) in [6.07, 6.45) is -4.09. The molecular formula is C11H14F3N3O3S. The molecule has 6 nitrogen and oxygen atoms in total. The third-order valence-corrected chi connectivity index (χ3v) is 3.63. The fourth-order valence-electron chi connectivity index (χ4n) is 1.50. The summed E-state index contributed by atoms with van der Waals surface area (Å²) in [5, 5.41) is 1.61. The van der Waals surface area contributed by atoms with Crippen molar-refractivity contribution in [1.29, 1.82) is 0 Å². The number of carbonyl (C=O) groups is 1. The zero-order valence-corrected chi connectivity index (χ0v) is 11.8. The van der Waals surface area contributed by atoms with Crippen LogP contribution >= 0.6 is 0 Å². The maximum atomic E-state index is 12.0. The average Bonchev–Trinajstić information content (AvgIpc) is 2.33. The Bertz CT molecular complexity index is 599. The van der Waals surface area contributed by atoms with Gasteiger partial charge in [-0.2, -0.15) is 13.2 Å². The Morgan fingerprint density at radius 1 is 1.29 bits per heavy atom. The SMILES string of the molecule is CS(=O)(=O)N(CCNC(=O)C(F)(F)F)c1ccc(N)cc1. The van der Waals surface area contributed by atoms with E-state index in [1.807, 2.05) is 0 Å².